The van der Waals surface area contributed by atoms with Gasteiger partial charge in [-0.15, -0.1) is 5.10 Å². The van der Waals surface area contributed by atoms with Crippen molar-refractivity contribution < 1.29 is 9.13 Å². The molecule has 3 aromatic rings. The van der Waals surface area contributed by atoms with E-state index >= 15 is 0 Å². The zero-order valence-corrected chi connectivity index (χ0v) is 18.4. The number of benzene rings is 1. The van der Waals surface area contributed by atoms with E-state index in [-0.39, 0.29) is 22.5 Å². The second-order valence-electron chi connectivity index (χ2n) is 8.00. The zero-order chi connectivity index (χ0) is 21.4. The molecule has 5 rings (SSSR count). The van der Waals surface area contributed by atoms with Gasteiger partial charge in [-0.25, -0.2) is 14.4 Å². The zero-order valence-electron chi connectivity index (χ0n) is 16.9. The summed E-state index contributed by atoms with van der Waals surface area (Å²) in [6.07, 6.45) is 5.77. The molecule has 1 saturated carbocycles. The summed E-state index contributed by atoms with van der Waals surface area (Å²) in [5.74, 6) is 0.214. The number of nitrogens with one attached hydrogen (secondary N) is 1. The van der Waals surface area contributed by atoms with Crippen LogP contribution in [0.2, 0.25) is 10.2 Å². The molecule has 0 amide bonds. The molecule has 0 atom stereocenters. The van der Waals surface area contributed by atoms with Gasteiger partial charge in [0.05, 0.1) is 30.0 Å². The molecule has 164 valence electrons. The molecule has 2 aliphatic rings. The van der Waals surface area contributed by atoms with E-state index in [0.717, 1.165) is 52.0 Å². The highest BCUT2D eigenvalue weighted by Gasteiger charge is 2.28. The van der Waals surface area contributed by atoms with Crippen molar-refractivity contribution in [1.82, 2.24) is 24.5 Å². The molecule has 0 bridgehead atoms. The van der Waals surface area contributed by atoms with Crippen molar-refractivity contribution in [2.75, 3.05) is 31.6 Å². The third-order valence-corrected chi connectivity index (χ3v) is 6.68. The van der Waals surface area contributed by atoms with Crippen LogP contribution in [0.15, 0.2) is 24.4 Å². The Labute approximate surface area is 189 Å². The van der Waals surface area contributed by atoms with Gasteiger partial charge in [0.15, 0.2) is 22.4 Å². The van der Waals surface area contributed by atoms with Gasteiger partial charge in [-0.3, -0.25) is 4.90 Å². The Bertz CT molecular complexity index is 1060. The van der Waals surface area contributed by atoms with Gasteiger partial charge in [-0.1, -0.05) is 29.3 Å². The van der Waals surface area contributed by atoms with E-state index in [0.29, 0.717) is 22.7 Å². The van der Waals surface area contributed by atoms with Crippen LogP contribution in [0, 0.1) is 5.82 Å². The van der Waals surface area contributed by atoms with E-state index < -0.39 is 5.82 Å². The Morgan fingerprint density at radius 1 is 1.10 bits per heavy atom. The average molecular weight is 465 g/mol. The summed E-state index contributed by atoms with van der Waals surface area (Å²) in [6.45, 7) is 3.65. The Hall–Kier alpha value is -2.00. The Kier molecular flexibility index (Phi) is 5.97. The lowest BCUT2D eigenvalue weighted by molar-refractivity contribution is 0.00791. The van der Waals surface area contributed by atoms with Crippen molar-refractivity contribution in [3.63, 3.8) is 0 Å². The van der Waals surface area contributed by atoms with E-state index in [9.17, 15) is 4.39 Å². The first kappa shape index (κ1) is 20.9. The molecule has 3 heterocycles. The third-order valence-electron chi connectivity index (χ3n) is 6.11. The van der Waals surface area contributed by atoms with Crippen LogP contribution in [0.4, 0.5) is 10.2 Å². The summed E-state index contributed by atoms with van der Waals surface area (Å²) in [5, 5.41) is 8.46. The number of morpholine rings is 1. The Morgan fingerprint density at radius 3 is 2.61 bits per heavy atom. The lowest BCUT2D eigenvalue weighted by Crippen LogP contribution is -2.46. The van der Waals surface area contributed by atoms with Gasteiger partial charge < -0.3 is 10.1 Å². The first-order chi connectivity index (χ1) is 15.1. The predicted molar refractivity (Wildman–Crippen MR) is 118 cm³/mol. The molecule has 31 heavy (non-hydrogen) atoms. The number of anilines is 1. The molecule has 2 fully saturated rings. The molecule has 1 aliphatic carbocycles. The molecule has 1 saturated heterocycles. The molecule has 1 aromatic carbocycles. The number of rotatable bonds is 4. The summed E-state index contributed by atoms with van der Waals surface area (Å²) in [5.41, 5.74) is 0.659. The summed E-state index contributed by atoms with van der Waals surface area (Å²) >= 11 is 12.5. The van der Waals surface area contributed by atoms with Gasteiger partial charge in [-0.05, 0) is 37.8 Å². The Morgan fingerprint density at radius 2 is 1.87 bits per heavy atom. The smallest absolute Gasteiger partial charge is 0.198 e. The summed E-state index contributed by atoms with van der Waals surface area (Å²) in [4.78, 5) is 11.5. The van der Waals surface area contributed by atoms with Crippen LogP contribution in [0.25, 0.3) is 17.0 Å². The fourth-order valence-corrected chi connectivity index (χ4v) is 4.90. The largest absolute Gasteiger partial charge is 0.379 e. The van der Waals surface area contributed by atoms with Crippen molar-refractivity contribution in [2.45, 2.75) is 37.8 Å². The first-order valence-electron chi connectivity index (χ1n) is 10.5. The van der Waals surface area contributed by atoms with Gasteiger partial charge >= 0.3 is 0 Å². The van der Waals surface area contributed by atoms with Crippen LogP contribution < -0.4 is 5.32 Å². The molecule has 1 aliphatic heterocycles. The van der Waals surface area contributed by atoms with Gasteiger partial charge in [0.25, 0.3) is 0 Å². The average Bonchev–Trinajstić information content (AvgIpc) is 3.16. The van der Waals surface area contributed by atoms with Crippen molar-refractivity contribution in [3.8, 4) is 11.4 Å². The molecule has 2 aromatic heterocycles. The van der Waals surface area contributed by atoms with Crippen LogP contribution >= 0.6 is 23.2 Å². The van der Waals surface area contributed by atoms with E-state index in [1.807, 2.05) is 0 Å². The minimum absolute atomic E-state index is 0.148. The fourth-order valence-electron chi connectivity index (χ4n) is 4.49. The van der Waals surface area contributed by atoms with Gasteiger partial charge in [0.1, 0.15) is 5.82 Å². The lowest BCUT2D eigenvalue weighted by Gasteiger charge is -2.39. The quantitative estimate of drug-likeness (QED) is 0.620. The monoisotopic (exact) mass is 464 g/mol. The molecule has 0 radical (unpaired) electrons. The molecule has 1 N–H and O–H groups in total. The maximum absolute atomic E-state index is 14.5. The third kappa shape index (κ3) is 4.22. The second kappa shape index (κ2) is 8.86. The standard InChI is InChI=1S/C21H23Cl2FN6O/c22-15-2-1-3-16(24)18(15)19-27-20(21-25-12-17(23)30(21)28-19)26-13-4-6-14(7-5-13)29-8-10-31-11-9-29/h1-3,12-14H,4-11H2,(H,26,27,28). The number of imidazole rings is 1. The van der Waals surface area contributed by atoms with Crippen molar-refractivity contribution in [2.24, 2.45) is 0 Å². The molecular weight excluding hydrogens is 442 g/mol. The van der Waals surface area contributed by atoms with Gasteiger partial charge in [-0.2, -0.15) is 4.52 Å². The summed E-state index contributed by atoms with van der Waals surface area (Å²) < 4.78 is 21.5. The fraction of sp³-hybridized carbons (Fsp3) is 0.476. The van der Waals surface area contributed by atoms with Crippen molar-refractivity contribution >= 4 is 34.7 Å². The summed E-state index contributed by atoms with van der Waals surface area (Å²) in [6, 6.07) is 5.35. The maximum Gasteiger partial charge on any atom is 0.198 e. The molecule has 0 spiro atoms. The van der Waals surface area contributed by atoms with E-state index in [4.69, 9.17) is 27.9 Å². The highest BCUT2D eigenvalue weighted by Crippen LogP contribution is 2.31. The van der Waals surface area contributed by atoms with E-state index in [1.165, 1.54) is 16.8 Å². The van der Waals surface area contributed by atoms with Crippen LogP contribution in [-0.4, -0.2) is 62.9 Å². The first-order valence-corrected chi connectivity index (χ1v) is 11.3. The van der Waals surface area contributed by atoms with E-state index in [1.54, 1.807) is 12.1 Å². The predicted octanol–water partition coefficient (Wildman–Crippen LogP) is 4.29. The van der Waals surface area contributed by atoms with Gasteiger partial charge in [0.2, 0.25) is 0 Å². The molecular formula is C21H23Cl2FN6O. The van der Waals surface area contributed by atoms with Crippen LogP contribution in [0.3, 0.4) is 0 Å². The normalized spacial score (nSPS) is 22.7. The topological polar surface area (TPSA) is 67.6 Å². The number of halogens is 3. The molecule has 0 unspecified atom stereocenters. The number of aromatic nitrogens is 4. The summed E-state index contributed by atoms with van der Waals surface area (Å²) in [7, 11) is 0. The van der Waals surface area contributed by atoms with Crippen molar-refractivity contribution in [1.29, 1.82) is 0 Å². The molecule has 7 nitrogen and oxygen atoms in total. The highest BCUT2D eigenvalue weighted by atomic mass is 35.5. The minimum atomic E-state index is -0.486. The van der Waals surface area contributed by atoms with Crippen LogP contribution in [0.1, 0.15) is 25.7 Å². The number of ether oxygens (including phenoxy) is 1. The van der Waals surface area contributed by atoms with Crippen molar-refractivity contribution in [3.05, 3.63) is 40.4 Å². The SMILES string of the molecule is Fc1cccc(Cl)c1-c1nc(NC2CCC(N3CCOCC3)CC2)c2ncc(Cl)n2n1. The molecule has 10 heteroatoms. The van der Waals surface area contributed by atoms with Crippen LogP contribution in [0.5, 0.6) is 0 Å². The second-order valence-corrected chi connectivity index (χ2v) is 8.79. The van der Waals surface area contributed by atoms with Gasteiger partial charge in [0, 0.05) is 25.2 Å². The lowest BCUT2D eigenvalue weighted by atomic mass is 9.90. The number of hydrogen-bond donors (Lipinski definition) is 1. The highest BCUT2D eigenvalue weighted by molar-refractivity contribution is 6.33. The number of hydrogen-bond acceptors (Lipinski definition) is 6. The Balaban J connectivity index is 1.40. The van der Waals surface area contributed by atoms with Crippen LogP contribution in [-0.2, 0) is 4.74 Å². The minimum Gasteiger partial charge on any atom is -0.379 e. The number of nitrogens with zero attached hydrogens (tertiary/aromatic N) is 5. The maximum atomic E-state index is 14.5. The number of fused-ring (bicyclic) bond motifs is 1. The van der Waals surface area contributed by atoms with E-state index in [2.05, 4.69) is 25.3 Å².